The molecule has 0 saturated heterocycles. The molecule has 18 heavy (non-hydrogen) atoms. The Bertz CT molecular complexity index is 414. The van der Waals surface area contributed by atoms with Crippen molar-refractivity contribution >= 4 is 24.0 Å². The van der Waals surface area contributed by atoms with E-state index >= 15 is 0 Å². The molecular weight excluding hydrogens is 250 g/mol. The molecule has 0 atom stereocenters. The number of pyridine rings is 1. The number of nitrogen functional groups attached to an aromatic ring is 1. The molecule has 1 aromatic heterocycles. The average molecular weight is 268 g/mol. The number of rotatable bonds is 4. The third-order valence-corrected chi connectivity index (χ3v) is 3.58. The first kappa shape index (κ1) is 13.1. The van der Waals surface area contributed by atoms with Crippen LogP contribution in [0.1, 0.15) is 36.2 Å². The van der Waals surface area contributed by atoms with Crippen molar-refractivity contribution in [3.63, 3.8) is 0 Å². The van der Waals surface area contributed by atoms with E-state index in [0.29, 0.717) is 29.3 Å². The molecule has 3 N–H and O–H groups in total. The highest BCUT2D eigenvalue weighted by molar-refractivity contribution is 5.92. The number of amides is 1. The Labute approximate surface area is 113 Å². The predicted octanol–water partition coefficient (Wildman–Crippen LogP) is 2.00. The maximum Gasteiger partial charge on any atom is 0.270 e. The maximum atomic E-state index is 12.0. The van der Waals surface area contributed by atoms with Crippen LogP contribution >= 0.6 is 12.4 Å². The quantitative estimate of drug-likeness (QED) is 0.877. The zero-order chi connectivity index (χ0) is 11.8. The molecular formula is C13H18ClN3O. The summed E-state index contributed by atoms with van der Waals surface area (Å²) in [6.07, 6.45) is 6.57. The number of hydrogen-bond acceptors (Lipinski definition) is 3. The van der Waals surface area contributed by atoms with Crippen molar-refractivity contribution in [3.05, 3.63) is 24.0 Å². The Morgan fingerprint density at radius 2 is 1.89 bits per heavy atom. The van der Waals surface area contributed by atoms with Gasteiger partial charge in [-0.3, -0.25) is 4.79 Å². The Hall–Kier alpha value is -1.29. The summed E-state index contributed by atoms with van der Waals surface area (Å²) in [5.41, 5.74) is 6.60. The molecule has 2 saturated carbocycles. The SMILES string of the molecule is Cl.Nc1ccc(C(=O)NC(C2CC2)C2CC2)nc1. The molecule has 0 unspecified atom stereocenters. The van der Waals surface area contributed by atoms with Crippen LogP contribution in [0.2, 0.25) is 0 Å². The minimum atomic E-state index is -0.0613. The van der Waals surface area contributed by atoms with Gasteiger partial charge in [-0.05, 0) is 49.7 Å². The van der Waals surface area contributed by atoms with E-state index in [-0.39, 0.29) is 18.3 Å². The zero-order valence-electron chi connectivity index (χ0n) is 10.1. The largest absolute Gasteiger partial charge is 0.397 e. The van der Waals surface area contributed by atoms with E-state index in [2.05, 4.69) is 10.3 Å². The van der Waals surface area contributed by atoms with Crippen molar-refractivity contribution in [1.29, 1.82) is 0 Å². The highest BCUT2D eigenvalue weighted by atomic mass is 35.5. The van der Waals surface area contributed by atoms with E-state index in [1.165, 1.54) is 31.9 Å². The number of anilines is 1. The Morgan fingerprint density at radius 1 is 1.28 bits per heavy atom. The summed E-state index contributed by atoms with van der Waals surface area (Å²) in [7, 11) is 0. The molecule has 2 fully saturated rings. The number of nitrogens with zero attached hydrogens (tertiary/aromatic N) is 1. The molecule has 1 heterocycles. The highest BCUT2D eigenvalue weighted by Crippen LogP contribution is 2.44. The minimum absolute atomic E-state index is 0. The summed E-state index contributed by atoms with van der Waals surface area (Å²) >= 11 is 0. The summed E-state index contributed by atoms with van der Waals surface area (Å²) in [6.45, 7) is 0. The molecule has 5 heteroatoms. The molecule has 0 aromatic carbocycles. The Morgan fingerprint density at radius 3 is 2.33 bits per heavy atom. The van der Waals surface area contributed by atoms with Gasteiger partial charge in [0.2, 0.25) is 0 Å². The van der Waals surface area contributed by atoms with Gasteiger partial charge in [0.05, 0.1) is 11.9 Å². The van der Waals surface area contributed by atoms with Gasteiger partial charge in [-0.1, -0.05) is 0 Å². The van der Waals surface area contributed by atoms with Crippen molar-refractivity contribution in [1.82, 2.24) is 10.3 Å². The smallest absolute Gasteiger partial charge is 0.270 e. The number of hydrogen-bond donors (Lipinski definition) is 2. The molecule has 1 aromatic rings. The number of carbonyl (C=O) groups is 1. The van der Waals surface area contributed by atoms with Gasteiger partial charge in [-0.25, -0.2) is 4.98 Å². The zero-order valence-corrected chi connectivity index (χ0v) is 11.0. The van der Waals surface area contributed by atoms with E-state index in [4.69, 9.17) is 5.73 Å². The second-order valence-electron chi connectivity index (χ2n) is 5.15. The number of halogens is 1. The van der Waals surface area contributed by atoms with E-state index < -0.39 is 0 Å². The highest BCUT2D eigenvalue weighted by Gasteiger charge is 2.42. The number of aromatic nitrogens is 1. The van der Waals surface area contributed by atoms with Crippen LogP contribution in [0.3, 0.4) is 0 Å². The first-order valence-electron chi connectivity index (χ1n) is 6.26. The van der Waals surface area contributed by atoms with Crippen LogP contribution < -0.4 is 11.1 Å². The summed E-state index contributed by atoms with van der Waals surface area (Å²) in [4.78, 5) is 16.1. The lowest BCUT2D eigenvalue weighted by Gasteiger charge is -2.17. The topological polar surface area (TPSA) is 68.0 Å². The van der Waals surface area contributed by atoms with E-state index in [0.717, 1.165) is 0 Å². The van der Waals surface area contributed by atoms with Gasteiger partial charge < -0.3 is 11.1 Å². The van der Waals surface area contributed by atoms with Crippen LogP contribution in [0.4, 0.5) is 5.69 Å². The van der Waals surface area contributed by atoms with Crippen LogP contribution in [0.25, 0.3) is 0 Å². The number of carbonyl (C=O) groups excluding carboxylic acids is 1. The second-order valence-corrected chi connectivity index (χ2v) is 5.15. The molecule has 0 bridgehead atoms. The third kappa shape index (κ3) is 2.93. The Kier molecular flexibility index (Phi) is 3.76. The Balaban J connectivity index is 0.00000120. The molecule has 2 aliphatic rings. The van der Waals surface area contributed by atoms with Crippen molar-refractivity contribution in [2.45, 2.75) is 31.7 Å². The first-order chi connectivity index (χ1) is 8.24. The summed E-state index contributed by atoms with van der Waals surface area (Å²) in [5, 5.41) is 3.13. The van der Waals surface area contributed by atoms with E-state index in [1.54, 1.807) is 12.1 Å². The third-order valence-electron chi connectivity index (χ3n) is 3.58. The van der Waals surface area contributed by atoms with Crippen molar-refractivity contribution in [2.24, 2.45) is 11.8 Å². The standard InChI is InChI=1S/C13H17N3O.ClH/c14-10-5-6-11(15-7-10)13(17)16-12(8-1-2-8)9-3-4-9;/h5-9,12H,1-4,14H2,(H,16,17);1H. The van der Waals surface area contributed by atoms with Crippen LogP contribution in [0.15, 0.2) is 18.3 Å². The van der Waals surface area contributed by atoms with Crippen molar-refractivity contribution < 1.29 is 4.79 Å². The van der Waals surface area contributed by atoms with Gasteiger partial charge in [-0.15, -0.1) is 12.4 Å². The lowest BCUT2D eigenvalue weighted by Crippen LogP contribution is -2.38. The lowest BCUT2D eigenvalue weighted by molar-refractivity contribution is 0.0921. The van der Waals surface area contributed by atoms with E-state index in [9.17, 15) is 4.79 Å². The normalized spacial score (nSPS) is 18.3. The number of nitrogens with one attached hydrogen (secondary N) is 1. The predicted molar refractivity (Wildman–Crippen MR) is 72.6 cm³/mol. The molecule has 0 radical (unpaired) electrons. The van der Waals surface area contributed by atoms with Crippen molar-refractivity contribution in [2.75, 3.05) is 5.73 Å². The molecule has 1 amide bonds. The minimum Gasteiger partial charge on any atom is -0.397 e. The monoisotopic (exact) mass is 267 g/mol. The van der Waals surface area contributed by atoms with Crippen LogP contribution in [0.5, 0.6) is 0 Å². The van der Waals surface area contributed by atoms with Gasteiger partial charge in [0.15, 0.2) is 0 Å². The fraction of sp³-hybridized carbons (Fsp3) is 0.538. The summed E-state index contributed by atoms with van der Waals surface area (Å²) in [5.74, 6) is 1.36. The lowest BCUT2D eigenvalue weighted by atomic mass is 10.1. The van der Waals surface area contributed by atoms with Gasteiger partial charge in [0.25, 0.3) is 5.91 Å². The fourth-order valence-corrected chi connectivity index (χ4v) is 2.30. The van der Waals surface area contributed by atoms with Gasteiger partial charge in [0.1, 0.15) is 5.69 Å². The summed E-state index contributed by atoms with van der Waals surface area (Å²) in [6, 6.07) is 3.77. The van der Waals surface area contributed by atoms with Crippen LogP contribution in [0, 0.1) is 11.8 Å². The van der Waals surface area contributed by atoms with Gasteiger partial charge in [-0.2, -0.15) is 0 Å². The number of nitrogens with two attached hydrogens (primary N) is 1. The average Bonchev–Trinajstić information content (AvgIpc) is 3.17. The maximum absolute atomic E-state index is 12.0. The van der Waals surface area contributed by atoms with Crippen LogP contribution in [-0.4, -0.2) is 16.9 Å². The molecule has 4 nitrogen and oxygen atoms in total. The van der Waals surface area contributed by atoms with Crippen LogP contribution in [-0.2, 0) is 0 Å². The molecule has 0 aliphatic heterocycles. The van der Waals surface area contributed by atoms with Crippen molar-refractivity contribution in [3.8, 4) is 0 Å². The molecule has 98 valence electrons. The van der Waals surface area contributed by atoms with Gasteiger partial charge >= 0.3 is 0 Å². The summed E-state index contributed by atoms with van der Waals surface area (Å²) < 4.78 is 0. The first-order valence-corrected chi connectivity index (χ1v) is 6.26. The van der Waals surface area contributed by atoms with Gasteiger partial charge in [0, 0.05) is 6.04 Å². The fourth-order valence-electron chi connectivity index (χ4n) is 2.30. The van der Waals surface area contributed by atoms with E-state index in [1.807, 2.05) is 0 Å². The second kappa shape index (κ2) is 5.14. The molecule has 2 aliphatic carbocycles. The molecule has 3 rings (SSSR count). The molecule has 0 spiro atoms.